The van der Waals surface area contributed by atoms with E-state index >= 15 is 0 Å². The van der Waals surface area contributed by atoms with Crippen molar-refractivity contribution < 1.29 is 4.79 Å². The lowest BCUT2D eigenvalue weighted by Gasteiger charge is -2.34. The van der Waals surface area contributed by atoms with Crippen molar-refractivity contribution in [3.05, 3.63) is 74.6 Å². The Morgan fingerprint density at radius 1 is 1.00 bits per heavy atom. The van der Waals surface area contributed by atoms with Crippen LogP contribution in [0.4, 0.5) is 0 Å². The van der Waals surface area contributed by atoms with Gasteiger partial charge in [0, 0.05) is 53.0 Å². The maximum atomic E-state index is 12.9. The molecule has 0 spiro atoms. The van der Waals surface area contributed by atoms with E-state index in [1.165, 1.54) is 23.4 Å². The molecule has 0 bridgehead atoms. The number of amides is 1. The number of piperazine rings is 1. The summed E-state index contributed by atoms with van der Waals surface area (Å²) in [6, 6.07) is 11.8. The number of benzene rings is 1. The minimum absolute atomic E-state index is 0.144. The zero-order chi connectivity index (χ0) is 20.5. The summed E-state index contributed by atoms with van der Waals surface area (Å²) in [7, 11) is 2.98. The largest absolute Gasteiger partial charge is 0.336 e. The number of fused-ring (bicyclic) bond motifs is 1. The lowest BCUT2D eigenvalue weighted by molar-refractivity contribution is 0.0628. The molecule has 1 saturated heterocycles. The third-order valence-corrected chi connectivity index (χ3v) is 5.45. The molecule has 8 heteroatoms. The zero-order valence-electron chi connectivity index (χ0n) is 16.5. The Morgan fingerprint density at radius 3 is 2.38 bits per heavy atom. The van der Waals surface area contributed by atoms with E-state index in [0.29, 0.717) is 18.7 Å². The van der Waals surface area contributed by atoms with Crippen molar-refractivity contribution in [2.45, 2.75) is 6.54 Å². The highest BCUT2D eigenvalue weighted by atomic mass is 16.2. The number of hydrogen-bond acceptors (Lipinski definition) is 5. The van der Waals surface area contributed by atoms with Crippen molar-refractivity contribution in [3.63, 3.8) is 0 Å². The van der Waals surface area contributed by atoms with E-state index in [4.69, 9.17) is 0 Å². The highest BCUT2D eigenvalue weighted by Gasteiger charge is 2.23. The zero-order valence-corrected chi connectivity index (χ0v) is 16.5. The van der Waals surface area contributed by atoms with Crippen LogP contribution >= 0.6 is 0 Å². The van der Waals surface area contributed by atoms with Crippen molar-refractivity contribution in [3.8, 4) is 0 Å². The maximum absolute atomic E-state index is 12.9. The van der Waals surface area contributed by atoms with E-state index in [-0.39, 0.29) is 16.9 Å². The second kappa shape index (κ2) is 7.63. The Morgan fingerprint density at radius 2 is 1.69 bits per heavy atom. The van der Waals surface area contributed by atoms with Crippen LogP contribution in [0.1, 0.15) is 15.9 Å². The molecule has 0 radical (unpaired) electrons. The fraction of sp³-hybridized carbons (Fsp3) is 0.333. The molecule has 0 aliphatic carbocycles. The number of carbonyl (C=O) groups excluding carboxylic acids is 1. The predicted octanol–water partition coefficient (Wildman–Crippen LogP) is 0.590. The molecular weight excluding hydrogens is 370 g/mol. The molecule has 8 nitrogen and oxygen atoms in total. The van der Waals surface area contributed by atoms with E-state index in [9.17, 15) is 14.4 Å². The van der Waals surface area contributed by atoms with Gasteiger partial charge in [-0.05, 0) is 11.6 Å². The number of hydrogen-bond donors (Lipinski definition) is 0. The Labute approximate surface area is 167 Å². The van der Waals surface area contributed by atoms with E-state index in [1.54, 1.807) is 18.0 Å². The quantitative estimate of drug-likeness (QED) is 0.651. The number of aryl methyl sites for hydroxylation is 1. The summed E-state index contributed by atoms with van der Waals surface area (Å²) in [4.78, 5) is 45.8. The Kier molecular flexibility index (Phi) is 5.02. The van der Waals surface area contributed by atoms with Crippen molar-refractivity contribution in [1.82, 2.24) is 23.9 Å². The number of pyridine rings is 1. The molecular formula is C21H23N5O3. The minimum atomic E-state index is -0.446. The van der Waals surface area contributed by atoms with Gasteiger partial charge in [0.1, 0.15) is 5.65 Å². The average Bonchev–Trinajstić information content (AvgIpc) is 2.76. The molecule has 0 unspecified atom stereocenters. The lowest BCUT2D eigenvalue weighted by atomic mass is 10.1. The van der Waals surface area contributed by atoms with Crippen LogP contribution in [0.3, 0.4) is 0 Å². The molecule has 1 aliphatic rings. The van der Waals surface area contributed by atoms with Crippen LogP contribution in [0.5, 0.6) is 0 Å². The van der Waals surface area contributed by atoms with Gasteiger partial charge in [-0.15, -0.1) is 0 Å². The summed E-state index contributed by atoms with van der Waals surface area (Å²) in [5.41, 5.74) is 1.01. The van der Waals surface area contributed by atoms with Crippen LogP contribution in [0.15, 0.2) is 52.2 Å². The summed E-state index contributed by atoms with van der Waals surface area (Å²) in [5.74, 6) is -0.144. The first-order valence-corrected chi connectivity index (χ1v) is 9.57. The summed E-state index contributed by atoms with van der Waals surface area (Å²) < 4.78 is 2.34. The molecule has 0 N–H and O–H groups in total. The maximum Gasteiger partial charge on any atom is 0.332 e. The lowest BCUT2D eigenvalue weighted by Crippen LogP contribution is -2.48. The summed E-state index contributed by atoms with van der Waals surface area (Å²) >= 11 is 0. The molecule has 0 atom stereocenters. The van der Waals surface area contributed by atoms with E-state index in [0.717, 1.165) is 24.2 Å². The first-order chi connectivity index (χ1) is 14.0. The van der Waals surface area contributed by atoms with Crippen molar-refractivity contribution in [1.29, 1.82) is 0 Å². The molecule has 1 aliphatic heterocycles. The van der Waals surface area contributed by atoms with Gasteiger partial charge in [0.15, 0.2) is 0 Å². The van der Waals surface area contributed by atoms with E-state index in [2.05, 4.69) is 22.0 Å². The number of carbonyl (C=O) groups is 1. The van der Waals surface area contributed by atoms with Gasteiger partial charge < -0.3 is 4.90 Å². The first-order valence-electron chi connectivity index (χ1n) is 9.57. The number of aromatic nitrogens is 3. The summed E-state index contributed by atoms with van der Waals surface area (Å²) in [6.07, 6.45) is 1.44. The Bertz CT molecular complexity index is 1170. The third kappa shape index (κ3) is 3.58. The first kappa shape index (κ1) is 19.1. The second-order valence-corrected chi connectivity index (χ2v) is 7.35. The van der Waals surface area contributed by atoms with Crippen LogP contribution in [0, 0.1) is 0 Å². The molecule has 150 valence electrons. The normalized spacial score (nSPS) is 15.0. The average molecular weight is 393 g/mol. The molecule has 4 rings (SSSR count). The van der Waals surface area contributed by atoms with Gasteiger partial charge in [-0.1, -0.05) is 30.3 Å². The van der Waals surface area contributed by atoms with Crippen molar-refractivity contribution in [2.75, 3.05) is 26.2 Å². The van der Waals surface area contributed by atoms with Gasteiger partial charge >= 0.3 is 5.69 Å². The van der Waals surface area contributed by atoms with Gasteiger partial charge in [0.05, 0.1) is 10.9 Å². The van der Waals surface area contributed by atoms with Gasteiger partial charge in [0.25, 0.3) is 11.5 Å². The summed E-state index contributed by atoms with van der Waals surface area (Å²) in [6.45, 7) is 3.68. The van der Waals surface area contributed by atoms with Crippen LogP contribution in [-0.4, -0.2) is 56.0 Å². The minimum Gasteiger partial charge on any atom is -0.336 e. The molecule has 1 amide bonds. The topological polar surface area (TPSA) is 80.4 Å². The Balaban J connectivity index is 1.51. The van der Waals surface area contributed by atoms with Crippen LogP contribution < -0.4 is 11.2 Å². The molecule has 0 saturated carbocycles. The molecule has 29 heavy (non-hydrogen) atoms. The third-order valence-electron chi connectivity index (χ3n) is 5.45. The number of rotatable bonds is 3. The molecule has 3 heterocycles. The van der Waals surface area contributed by atoms with Crippen molar-refractivity contribution >= 4 is 16.9 Å². The van der Waals surface area contributed by atoms with Gasteiger partial charge in [0.2, 0.25) is 0 Å². The second-order valence-electron chi connectivity index (χ2n) is 7.35. The van der Waals surface area contributed by atoms with Gasteiger partial charge in [-0.25, -0.2) is 9.78 Å². The molecule has 2 aromatic heterocycles. The van der Waals surface area contributed by atoms with Gasteiger partial charge in [-0.2, -0.15) is 0 Å². The SMILES string of the molecule is Cn1c(=O)c2cc(C(=O)N3CCN(Cc4ccccc4)CC3)cnc2n(C)c1=O. The Hall–Kier alpha value is -3.26. The van der Waals surface area contributed by atoms with Crippen LogP contribution in [-0.2, 0) is 20.6 Å². The van der Waals surface area contributed by atoms with Crippen LogP contribution in [0.2, 0.25) is 0 Å². The molecule has 3 aromatic rings. The number of nitrogens with zero attached hydrogens (tertiary/aromatic N) is 5. The highest BCUT2D eigenvalue weighted by molar-refractivity contribution is 5.96. The van der Waals surface area contributed by atoms with Crippen molar-refractivity contribution in [2.24, 2.45) is 14.1 Å². The highest BCUT2D eigenvalue weighted by Crippen LogP contribution is 2.13. The summed E-state index contributed by atoms with van der Waals surface area (Å²) in [5, 5.41) is 0.267. The standard InChI is InChI=1S/C21H23N5O3/c1-23-18-17(20(28)24(2)21(23)29)12-16(13-22-18)19(27)26-10-8-25(9-11-26)14-15-6-4-3-5-7-15/h3-7,12-13H,8-11,14H2,1-2H3. The molecule has 1 aromatic carbocycles. The fourth-order valence-corrected chi connectivity index (χ4v) is 3.72. The van der Waals surface area contributed by atoms with E-state index < -0.39 is 11.2 Å². The smallest absolute Gasteiger partial charge is 0.332 e. The monoisotopic (exact) mass is 393 g/mol. The van der Waals surface area contributed by atoms with E-state index in [1.807, 2.05) is 18.2 Å². The van der Waals surface area contributed by atoms with Crippen LogP contribution in [0.25, 0.3) is 11.0 Å². The fourth-order valence-electron chi connectivity index (χ4n) is 3.72. The van der Waals surface area contributed by atoms with Gasteiger partial charge in [-0.3, -0.25) is 23.6 Å². The predicted molar refractivity (Wildman–Crippen MR) is 110 cm³/mol. The molecule has 1 fully saturated rings.